The predicted octanol–water partition coefficient (Wildman–Crippen LogP) is 4.80. The number of halogens is 1. The van der Waals surface area contributed by atoms with Crippen molar-refractivity contribution >= 4 is 37.6 Å². The molecule has 1 heterocycles. The standard InChI is InChI=1S/C18H21BrN2O4S/c1-11-17(13-6-4-3-5-7-13)20-25-18(11)21-26(23,24)14-8-9-16(19)15(10-14)12(2)22/h8-10,13,21H,3-7H2,1-2H3. The number of hydrogen-bond donors (Lipinski definition) is 1. The minimum atomic E-state index is -3.88. The molecule has 0 bridgehead atoms. The van der Waals surface area contributed by atoms with Crippen LogP contribution in [-0.4, -0.2) is 19.4 Å². The van der Waals surface area contributed by atoms with Gasteiger partial charge in [-0.05, 0) is 44.9 Å². The molecule has 1 saturated carbocycles. The van der Waals surface area contributed by atoms with Crippen LogP contribution in [0.3, 0.4) is 0 Å². The first-order valence-electron chi connectivity index (χ1n) is 8.59. The van der Waals surface area contributed by atoms with Crippen LogP contribution in [0.4, 0.5) is 5.88 Å². The summed E-state index contributed by atoms with van der Waals surface area (Å²) in [5.74, 6) is 0.241. The molecular formula is C18H21BrN2O4S. The van der Waals surface area contributed by atoms with Crippen molar-refractivity contribution in [3.05, 3.63) is 39.5 Å². The summed E-state index contributed by atoms with van der Waals surface area (Å²) in [5, 5.41) is 4.11. The Bertz CT molecular complexity index is 931. The number of ketones is 1. The number of carbonyl (C=O) groups excluding carboxylic acids is 1. The van der Waals surface area contributed by atoms with Gasteiger partial charge in [-0.15, -0.1) is 0 Å². The molecule has 1 fully saturated rings. The van der Waals surface area contributed by atoms with Gasteiger partial charge in [0.15, 0.2) is 5.78 Å². The Morgan fingerprint density at radius 3 is 2.62 bits per heavy atom. The lowest BCUT2D eigenvalue weighted by Gasteiger charge is -2.19. The number of aromatic nitrogens is 1. The molecular weight excluding hydrogens is 420 g/mol. The van der Waals surface area contributed by atoms with Crippen molar-refractivity contribution in [2.75, 3.05) is 4.72 Å². The third kappa shape index (κ3) is 3.86. The predicted molar refractivity (Wildman–Crippen MR) is 102 cm³/mol. The fourth-order valence-corrected chi connectivity index (χ4v) is 4.92. The third-order valence-electron chi connectivity index (χ3n) is 4.81. The highest BCUT2D eigenvalue weighted by molar-refractivity contribution is 9.10. The maximum absolute atomic E-state index is 12.7. The van der Waals surface area contributed by atoms with Crippen LogP contribution in [-0.2, 0) is 10.0 Å². The molecule has 1 aromatic heterocycles. The van der Waals surface area contributed by atoms with Crippen molar-refractivity contribution < 1.29 is 17.7 Å². The van der Waals surface area contributed by atoms with Gasteiger partial charge in [0.25, 0.3) is 10.0 Å². The minimum Gasteiger partial charge on any atom is -0.337 e. The van der Waals surface area contributed by atoms with Crippen LogP contribution in [0.15, 0.2) is 32.1 Å². The van der Waals surface area contributed by atoms with Crippen LogP contribution in [0.2, 0.25) is 0 Å². The highest BCUT2D eigenvalue weighted by atomic mass is 79.9. The lowest BCUT2D eigenvalue weighted by molar-refractivity contribution is 0.101. The van der Waals surface area contributed by atoms with Gasteiger partial charge in [0, 0.05) is 21.5 Å². The second-order valence-corrected chi connectivity index (χ2v) is 9.20. The van der Waals surface area contributed by atoms with E-state index in [9.17, 15) is 13.2 Å². The Morgan fingerprint density at radius 1 is 1.27 bits per heavy atom. The Balaban J connectivity index is 1.87. The smallest absolute Gasteiger partial charge is 0.264 e. The first-order chi connectivity index (χ1) is 12.3. The molecule has 0 unspecified atom stereocenters. The van der Waals surface area contributed by atoms with Crippen molar-refractivity contribution in [3.8, 4) is 0 Å². The Labute approximate surface area is 161 Å². The largest absolute Gasteiger partial charge is 0.337 e. The highest BCUT2D eigenvalue weighted by Gasteiger charge is 2.26. The van der Waals surface area contributed by atoms with Crippen LogP contribution in [0, 0.1) is 6.92 Å². The van der Waals surface area contributed by atoms with Crippen molar-refractivity contribution in [1.29, 1.82) is 0 Å². The average molecular weight is 441 g/mol. The molecule has 2 aromatic rings. The van der Waals surface area contributed by atoms with E-state index in [4.69, 9.17) is 4.52 Å². The van der Waals surface area contributed by atoms with Crippen LogP contribution in [0.5, 0.6) is 0 Å². The summed E-state index contributed by atoms with van der Waals surface area (Å²) in [5.41, 5.74) is 1.87. The summed E-state index contributed by atoms with van der Waals surface area (Å²) < 4.78 is 33.7. The lowest BCUT2D eigenvalue weighted by Crippen LogP contribution is -2.14. The molecule has 0 atom stereocenters. The molecule has 0 aliphatic heterocycles. The zero-order valence-corrected chi connectivity index (χ0v) is 17.1. The molecule has 1 N–H and O–H groups in total. The molecule has 0 saturated heterocycles. The van der Waals surface area contributed by atoms with Gasteiger partial charge in [-0.1, -0.05) is 40.3 Å². The first kappa shape index (κ1) is 19.1. The Hall–Kier alpha value is -1.67. The molecule has 26 heavy (non-hydrogen) atoms. The van der Waals surface area contributed by atoms with Crippen molar-refractivity contribution in [3.63, 3.8) is 0 Å². The molecule has 0 spiro atoms. The molecule has 1 aliphatic rings. The summed E-state index contributed by atoms with van der Waals surface area (Å²) in [4.78, 5) is 11.7. The maximum atomic E-state index is 12.7. The van der Waals surface area contributed by atoms with Gasteiger partial charge < -0.3 is 4.52 Å². The van der Waals surface area contributed by atoms with E-state index in [1.165, 1.54) is 25.5 Å². The number of Topliss-reactive ketones (excluding diaryl/α,β-unsaturated/α-hetero) is 1. The molecule has 1 aliphatic carbocycles. The van der Waals surface area contributed by atoms with Crippen molar-refractivity contribution in [1.82, 2.24) is 5.16 Å². The van der Waals surface area contributed by atoms with Gasteiger partial charge in [-0.25, -0.2) is 13.1 Å². The zero-order valence-electron chi connectivity index (χ0n) is 14.7. The summed E-state index contributed by atoms with van der Waals surface area (Å²) >= 11 is 3.26. The van der Waals surface area contributed by atoms with E-state index in [-0.39, 0.29) is 16.6 Å². The first-order valence-corrected chi connectivity index (χ1v) is 10.9. The molecule has 0 radical (unpaired) electrons. The second-order valence-electron chi connectivity index (χ2n) is 6.66. The van der Waals surface area contributed by atoms with Gasteiger partial charge in [-0.2, -0.15) is 0 Å². The lowest BCUT2D eigenvalue weighted by atomic mass is 9.86. The average Bonchev–Trinajstić information content (AvgIpc) is 2.95. The third-order valence-corrected chi connectivity index (χ3v) is 6.83. The van der Waals surface area contributed by atoms with Crippen LogP contribution in [0.1, 0.15) is 66.6 Å². The van der Waals surface area contributed by atoms with E-state index in [0.717, 1.165) is 36.9 Å². The number of sulfonamides is 1. The van der Waals surface area contributed by atoms with E-state index < -0.39 is 10.0 Å². The van der Waals surface area contributed by atoms with Gasteiger partial charge in [0.2, 0.25) is 5.88 Å². The fraction of sp³-hybridized carbons (Fsp3) is 0.444. The van der Waals surface area contributed by atoms with Crippen molar-refractivity contribution in [2.45, 2.75) is 56.8 Å². The molecule has 3 rings (SSSR count). The number of anilines is 1. The fourth-order valence-electron chi connectivity index (χ4n) is 3.32. The second kappa shape index (κ2) is 7.52. The van der Waals surface area contributed by atoms with E-state index >= 15 is 0 Å². The van der Waals surface area contributed by atoms with E-state index in [1.54, 1.807) is 6.07 Å². The van der Waals surface area contributed by atoms with Crippen molar-refractivity contribution in [2.24, 2.45) is 0 Å². The number of carbonyl (C=O) groups is 1. The van der Waals surface area contributed by atoms with Crippen LogP contribution < -0.4 is 4.72 Å². The Morgan fingerprint density at radius 2 is 1.96 bits per heavy atom. The number of rotatable bonds is 5. The summed E-state index contributed by atoms with van der Waals surface area (Å²) in [6, 6.07) is 4.33. The molecule has 140 valence electrons. The van der Waals surface area contributed by atoms with E-state index in [0.29, 0.717) is 16.0 Å². The molecule has 0 amide bonds. The highest BCUT2D eigenvalue weighted by Crippen LogP contribution is 2.36. The quantitative estimate of drug-likeness (QED) is 0.674. The van der Waals surface area contributed by atoms with Crippen LogP contribution in [0.25, 0.3) is 0 Å². The summed E-state index contributed by atoms with van der Waals surface area (Å²) in [6.07, 6.45) is 5.65. The Kier molecular flexibility index (Phi) is 5.53. The summed E-state index contributed by atoms with van der Waals surface area (Å²) in [7, 11) is -3.88. The SMILES string of the molecule is CC(=O)c1cc(S(=O)(=O)Nc2onc(C3CCCCC3)c2C)ccc1Br. The minimum absolute atomic E-state index is 0.000849. The van der Waals surface area contributed by atoms with Crippen LogP contribution >= 0.6 is 15.9 Å². The van der Waals surface area contributed by atoms with E-state index in [2.05, 4.69) is 25.8 Å². The van der Waals surface area contributed by atoms with E-state index in [1.807, 2.05) is 6.92 Å². The zero-order chi connectivity index (χ0) is 18.9. The normalized spacial score (nSPS) is 15.8. The molecule has 6 nitrogen and oxygen atoms in total. The number of benzene rings is 1. The number of hydrogen-bond acceptors (Lipinski definition) is 5. The van der Waals surface area contributed by atoms with Gasteiger partial charge in [-0.3, -0.25) is 4.79 Å². The van der Waals surface area contributed by atoms with Gasteiger partial charge in [0.05, 0.1) is 10.6 Å². The number of nitrogens with one attached hydrogen (secondary N) is 1. The maximum Gasteiger partial charge on any atom is 0.264 e. The van der Waals surface area contributed by atoms with Gasteiger partial charge in [0.1, 0.15) is 0 Å². The van der Waals surface area contributed by atoms with Gasteiger partial charge >= 0.3 is 0 Å². The topological polar surface area (TPSA) is 89.3 Å². The number of nitrogens with zero attached hydrogens (tertiary/aromatic N) is 1. The molecule has 1 aromatic carbocycles. The monoisotopic (exact) mass is 440 g/mol. The molecule has 8 heteroatoms. The summed E-state index contributed by atoms with van der Waals surface area (Å²) in [6.45, 7) is 3.21.